The molecule has 104 valence electrons. The summed E-state index contributed by atoms with van der Waals surface area (Å²) >= 11 is 4.83. The third-order valence-electron chi connectivity index (χ3n) is 2.25. The number of nitrogens with one attached hydrogen (secondary N) is 2. The molecule has 0 spiro atoms. The predicted octanol–water partition coefficient (Wildman–Crippen LogP) is 0.685. The lowest BCUT2D eigenvalue weighted by Gasteiger charge is -2.08. The van der Waals surface area contributed by atoms with Gasteiger partial charge < -0.3 is 16.4 Å². The van der Waals surface area contributed by atoms with Gasteiger partial charge in [-0.3, -0.25) is 4.79 Å². The van der Waals surface area contributed by atoms with Crippen LogP contribution in [-0.4, -0.2) is 34.0 Å². The first-order valence-electron chi connectivity index (χ1n) is 6.12. The van der Waals surface area contributed by atoms with E-state index >= 15 is 0 Å². The molecule has 0 unspecified atom stereocenters. The lowest BCUT2D eigenvalue weighted by Crippen LogP contribution is -2.28. The molecule has 4 N–H and O–H groups in total. The van der Waals surface area contributed by atoms with Crippen LogP contribution in [0.4, 0.5) is 5.95 Å². The van der Waals surface area contributed by atoms with Crippen LogP contribution in [0.3, 0.4) is 0 Å². The molecular formula is C12H19N5OS. The second-order valence-electron chi connectivity index (χ2n) is 4.50. The number of carbonyl (C=O) groups excluding carboxylic acids is 1. The maximum absolute atomic E-state index is 11.5. The summed E-state index contributed by atoms with van der Waals surface area (Å²) in [6.45, 7) is 5.25. The van der Waals surface area contributed by atoms with E-state index in [0.717, 1.165) is 0 Å². The number of hydrogen-bond acceptors (Lipinski definition) is 5. The number of rotatable bonds is 7. The Hall–Kier alpha value is -1.76. The first kappa shape index (κ1) is 15.3. The Labute approximate surface area is 118 Å². The fourth-order valence-corrected chi connectivity index (χ4v) is 1.39. The summed E-state index contributed by atoms with van der Waals surface area (Å²) in [5.41, 5.74) is 5.99. The third-order valence-corrected chi connectivity index (χ3v) is 2.46. The minimum atomic E-state index is 0.00620. The summed E-state index contributed by atoms with van der Waals surface area (Å²) in [5, 5.41) is 5.80. The van der Waals surface area contributed by atoms with Crippen LogP contribution in [0.5, 0.6) is 0 Å². The zero-order valence-corrected chi connectivity index (χ0v) is 12.0. The highest BCUT2D eigenvalue weighted by Crippen LogP contribution is 2.00. The molecule has 0 aliphatic rings. The largest absolute Gasteiger partial charge is 0.388 e. The second-order valence-corrected chi connectivity index (χ2v) is 4.94. The average Bonchev–Trinajstić information content (AvgIpc) is 2.36. The summed E-state index contributed by atoms with van der Waals surface area (Å²) in [7, 11) is 0. The second kappa shape index (κ2) is 7.63. The minimum Gasteiger partial charge on any atom is -0.388 e. The van der Waals surface area contributed by atoms with Crippen molar-refractivity contribution in [3.63, 3.8) is 0 Å². The third kappa shape index (κ3) is 6.10. The molecule has 1 amide bonds. The molecule has 0 fully saturated rings. The Kier molecular flexibility index (Phi) is 6.14. The number of amides is 1. The van der Waals surface area contributed by atoms with Crippen molar-refractivity contribution < 1.29 is 4.79 Å². The molecule has 19 heavy (non-hydrogen) atoms. The molecule has 0 aliphatic carbocycles. The Morgan fingerprint density at radius 3 is 2.89 bits per heavy atom. The topological polar surface area (TPSA) is 92.9 Å². The number of thiocarbonyl (C=S) groups is 1. The molecule has 0 saturated heterocycles. The van der Waals surface area contributed by atoms with E-state index in [1.807, 2.05) is 13.8 Å². The number of anilines is 1. The number of carbonyl (C=O) groups is 1. The minimum absolute atomic E-state index is 0.00620. The van der Waals surface area contributed by atoms with E-state index in [9.17, 15) is 4.79 Å². The highest BCUT2D eigenvalue weighted by Gasteiger charge is 2.04. The molecular weight excluding hydrogens is 262 g/mol. The number of aromatic nitrogens is 2. The number of hydrogen-bond donors (Lipinski definition) is 3. The van der Waals surface area contributed by atoms with Crippen LogP contribution in [0.25, 0.3) is 0 Å². The molecule has 0 aliphatic heterocycles. The van der Waals surface area contributed by atoms with Crippen molar-refractivity contribution in [2.45, 2.75) is 20.3 Å². The smallest absolute Gasteiger partial charge is 0.223 e. The first-order valence-corrected chi connectivity index (χ1v) is 6.53. The fraction of sp³-hybridized carbons (Fsp3) is 0.500. The lowest BCUT2D eigenvalue weighted by atomic mass is 10.2. The zero-order chi connectivity index (χ0) is 14.3. The van der Waals surface area contributed by atoms with Crippen molar-refractivity contribution in [3.8, 4) is 0 Å². The van der Waals surface area contributed by atoms with Gasteiger partial charge in [-0.1, -0.05) is 26.1 Å². The van der Waals surface area contributed by atoms with Crippen molar-refractivity contribution in [2.24, 2.45) is 11.7 Å². The van der Waals surface area contributed by atoms with Gasteiger partial charge in [0.05, 0.1) is 0 Å². The van der Waals surface area contributed by atoms with Crippen LogP contribution in [0.15, 0.2) is 12.3 Å². The number of nitrogens with two attached hydrogens (primary N) is 1. The molecule has 0 aromatic carbocycles. The van der Waals surface area contributed by atoms with E-state index in [-0.39, 0.29) is 10.9 Å². The maximum atomic E-state index is 11.5. The molecule has 0 saturated carbocycles. The van der Waals surface area contributed by atoms with Gasteiger partial charge >= 0.3 is 0 Å². The molecule has 6 nitrogen and oxygen atoms in total. The van der Waals surface area contributed by atoms with Crippen molar-refractivity contribution in [3.05, 3.63) is 18.0 Å². The van der Waals surface area contributed by atoms with Gasteiger partial charge in [-0.05, 0) is 12.0 Å². The maximum Gasteiger partial charge on any atom is 0.223 e. The lowest BCUT2D eigenvalue weighted by molar-refractivity contribution is -0.120. The molecule has 1 aromatic heterocycles. The Morgan fingerprint density at radius 1 is 1.53 bits per heavy atom. The van der Waals surface area contributed by atoms with E-state index in [4.69, 9.17) is 18.0 Å². The van der Waals surface area contributed by atoms with Crippen LogP contribution < -0.4 is 16.4 Å². The van der Waals surface area contributed by atoms with Crippen LogP contribution >= 0.6 is 12.2 Å². The Bertz CT molecular complexity index is 450. The normalized spacial score (nSPS) is 10.3. The van der Waals surface area contributed by atoms with Gasteiger partial charge in [0, 0.05) is 25.7 Å². The van der Waals surface area contributed by atoms with Crippen molar-refractivity contribution in [1.82, 2.24) is 15.3 Å². The summed E-state index contributed by atoms with van der Waals surface area (Å²) in [5.74, 6) is 0.871. The standard InChI is InChI=1S/C12H19N5OS/c1-8(2)7-16-10(18)4-6-15-12-14-5-3-9(17-12)11(13)19/h3,5,8H,4,6-7H2,1-2H3,(H2,13,19)(H,16,18)(H,14,15,17). The molecule has 0 atom stereocenters. The predicted molar refractivity (Wildman–Crippen MR) is 78.9 cm³/mol. The molecule has 1 aromatic rings. The number of nitrogens with zero attached hydrogens (tertiary/aromatic N) is 2. The molecule has 0 bridgehead atoms. The monoisotopic (exact) mass is 281 g/mol. The summed E-state index contributed by atoms with van der Waals surface area (Å²) in [6, 6.07) is 1.64. The van der Waals surface area contributed by atoms with E-state index < -0.39 is 0 Å². The van der Waals surface area contributed by atoms with Gasteiger partial charge in [-0.15, -0.1) is 0 Å². The van der Waals surface area contributed by atoms with Crippen molar-refractivity contribution in [1.29, 1.82) is 0 Å². The van der Waals surface area contributed by atoms with Crippen LogP contribution in [0, 0.1) is 5.92 Å². The molecule has 7 heteroatoms. The average molecular weight is 281 g/mol. The van der Waals surface area contributed by atoms with Gasteiger partial charge in [0.15, 0.2) is 0 Å². The van der Waals surface area contributed by atoms with Crippen LogP contribution in [0.1, 0.15) is 26.0 Å². The quantitative estimate of drug-likeness (QED) is 0.637. The molecule has 0 radical (unpaired) electrons. The van der Waals surface area contributed by atoms with Gasteiger partial charge in [-0.25, -0.2) is 9.97 Å². The van der Waals surface area contributed by atoms with Gasteiger partial charge in [0.2, 0.25) is 11.9 Å². The zero-order valence-electron chi connectivity index (χ0n) is 11.1. The molecule has 1 rings (SSSR count). The molecule has 1 heterocycles. The van der Waals surface area contributed by atoms with Crippen LogP contribution in [-0.2, 0) is 4.79 Å². The van der Waals surface area contributed by atoms with E-state index in [1.165, 1.54) is 0 Å². The van der Waals surface area contributed by atoms with E-state index in [2.05, 4.69) is 20.6 Å². The highest BCUT2D eigenvalue weighted by molar-refractivity contribution is 7.80. The Balaban J connectivity index is 2.35. The van der Waals surface area contributed by atoms with E-state index in [0.29, 0.717) is 37.1 Å². The van der Waals surface area contributed by atoms with Crippen molar-refractivity contribution in [2.75, 3.05) is 18.4 Å². The summed E-state index contributed by atoms with van der Waals surface area (Å²) in [4.78, 5) is 19.8. The highest BCUT2D eigenvalue weighted by atomic mass is 32.1. The van der Waals surface area contributed by atoms with Crippen LogP contribution in [0.2, 0.25) is 0 Å². The van der Waals surface area contributed by atoms with Crippen molar-refractivity contribution >= 4 is 29.1 Å². The fourth-order valence-electron chi connectivity index (χ4n) is 1.28. The van der Waals surface area contributed by atoms with Gasteiger partial charge in [0.1, 0.15) is 10.7 Å². The SMILES string of the molecule is CC(C)CNC(=O)CCNc1nccc(C(N)=S)n1. The van der Waals surface area contributed by atoms with Gasteiger partial charge in [-0.2, -0.15) is 0 Å². The first-order chi connectivity index (χ1) is 8.99. The summed E-state index contributed by atoms with van der Waals surface area (Å²) < 4.78 is 0. The Morgan fingerprint density at radius 2 is 2.26 bits per heavy atom. The van der Waals surface area contributed by atoms with E-state index in [1.54, 1.807) is 12.3 Å². The van der Waals surface area contributed by atoms with Gasteiger partial charge in [0.25, 0.3) is 0 Å². The summed E-state index contributed by atoms with van der Waals surface area (Å²) in [6.07, 6.45) is 1.94.